The van der Waals surface area contributed by atoms with Crippen molar-refractivity contribution < 1.29 is 5.11 Å². The maximum absolute atomic E-state index is 10.1. The van der Waals surface area contributed by atoms with E-state index in [4.69, 9.17) is 0 Å². The standard InChI is InChI=1S/C10H19NO/c1-9(2)8-10(12)4-6-11(3)7-5-10/h12H,1,4-8H2,2-3H3. The average Bonchev–Trinajstić information content (AvgIpc) is 1.94. The zero-order valence-electron chi connectivity index (χ0n) is 8.14. The van der Waals surface area contributed by atoms with Crippen molar-refractivity contribution in [2.24, 2.45) is 0 Å². The Morgan fingerprint density at radius 3 is 2.42 bits per heavy atom. The monoisotopic (exact) mass is 169 g/mol. The van der Waals surface area contributed by atoms with Crippen LogP contribution in [0.4, 0.5) is 0 Å². The molecule has 0 aliphatic carbocycles. The Morgan fingerprint density at radius 1 is 1.50 bits per heavy atom. The molecule has 0 atom stereocenters. The molecule has 0 radical (unpaired) electrons. The summed E-state index contributed by atoms with van der Waals surface area (Å²) in [6.45, 7) is 7.83. The maximum Gasteiger partial charge on any atom is 0.0708 e. The Bertz CT molecular complexity index is 169. The summed E-state index contributed by atoms with van der Waals surface area (Å²) in [5.74, 6) is 0. The molecule has 0 aromatic carbocycles. The van der Waals surface area contributed by atoms with Crippen molar-refractivity contribution in [3.05, 3.63) is 12.2 Å². The van der Waals surface area contributed by atoms with Crippen LogP contribution in [0.15, 0.2) is 12.2 Å². The van der Waals surface area contributed by atoms with Crippen molar-refractivity contribution in [2.75, 3.05) is 20.1 Å². The van der Waals surface area contributed by atoms with E-state index in [-0.39, 0.29) is 0 Å². The molecule has 1 fully saturated rings. The second-order valence-electron chi connectivity index (χ2n) is 4.16. The van der Waals surface area contributed by atoms with Gasteiger partial charge in [-0.25, -0.2) is 0 Å². The number of hydrogen-bond acceptors (Lipinski definition) is 2. The highest BCUT2D eigenvalue weighted by Crippen LogP contribution is 2.27. The molecule has 2 heteroatoms. The molecule has 0 spiro atoms. The Morgan fingerprint density at radius 2 is 2.00 bits per heavy atom. The first-order chi connectivity index (χ1) is 5.52. The van der Waals surface area contributed by atoms with Gasteiger partial charge in [0, 0.05) is 13.1 Å². The Labute approximate surface area is 74.9 Å². The van der Waals surface area contributed by atoms with E-state index in [1.165, 1.54) is 0 Å². The number of piperidine rings is 1. The normalized spacial score (nSPS) is 23.9. The quantitative estimate of drug-likeness (QED) is 0.632. The molecule has 0 unspecified atom stereocenters. The lowest BCUT2D eigenvalue weighted by atomic mass is 9.86. The van der Waals surface area contributed by atoms with Crippen molar-refractivity contribution >= 4 is 0 Å². The molecular weight excluding hydrogens is 150 g/mol. The SMILES string of the molecule is C=C(C)CC1(O)CCN(C)CC1. The Balaban J connectivity index is 2.44. The predicted molar refractivity (Wildman–Crippen MR) is 51.1 cm³/mol. The topological polar surface area (TPSA) is 23.5 Å². The molecule has 0 aromatic rings. The average molecular weight is 169 g/mol. The molecule has 1 heterocycles. The number of hydrogen-bond donors (Lipinski definition) is 1. The van der Waals surface area contributed by atoms with E-state index in [2.05, 4.69) is 18.5 Å². The number of nitrogens with zero attached hydrogens (tertiary/aromatic N) is 1. The van der Waals surface area contributed by atoms with Crippen LogP contribution in [0.25, 0.3) is 0 Å². The molecule has 0 amide bonds. The van der Waals surface area contributed by atoms with E-state index in [1.54, 1.807) is 0 Å². The lowest BCUT2D eigenvalue weighted by molar-refractivity contribution is -0.0148. The van der Waals surface area contributed by atoms with E-state index >= 15 is 0 Å². The summed E-state index contributed by atoms with van der Waals surface area (Å²) in [5.41, 5.74) is 0.625. The molecule has 1 N–H and O–H groups in total. The van der Waals surface area contributed by atoms with Crippen LogP contribution in [0.1, 0.15) is 26.2 Å². The first-order valence-corrected chi connectivity index (χ1v) is 4.57. The van der Waals surface area contributed by atoms with Crippen LogP contribution in [0, 0.1) is 0 Å². The van der Waals surface area contributed by atoms with Crippen molar-refractivity contribution in [1.29, 1.82) is 0 Å². The number of rotatable bonds is 2. The molecule has 12 heavy (non-hydrogen) atoms. The van der Waals surface area contributed by atoms with Gasteiger partial charge in [0.05, 0.1) is 5.60 Å². The van der Waals surface area contributed by atoms with E-state index in [0.29, 0.717) is 0 Å². The lowest BCUT2D eigenvalue weighted by Crippen LogP contribution is -2.42. The molecule has 1 saturated heterocycles. The van der Waals surface area contributed by atoms with Crippen molar-refractivity contribution in [3.8, 4) is 0 Å². The summed E-state index contributed by atoms with van der Waals surface area (Å²) in [5, 5.41) is 10.1. The van der Waals surface area contributed by atoms with Gasteiger partial charge in [-0.05, 0) is 33.2 Å². The fraction of sp³-hybridized carbons (Fsp3) is 0.800. The molecule has 1 aliphatic heterocycles. The smallest absolute Gasteiger partial charge is 0.0708 e. The van der Waals surface area contributed by atoms with Crippen LogP contribution in [0.3, 0.4) is 0 Å². The summed E-state index contributed by atoms with van der Waals surface area (Å²) < 4.78 is 0. The lowest BCUT2D eigenvalue weighted by Gasteiger charge is -2.36. The predicted octanol–water partition coefficient (Wildman–Crippen LogP) is 1.41. The highest BCUT2D eigenvalue weighted by Gasteiger charge is 2.30. The summed E-state index contributed by atoms with van der Waals surface area (Å²) in [4.78, 5) is 2.26. The van der Waals surface area contributed by atoms with E-state index < -0.39 is 5.60 Å². The summed E-state index contributed by atoms with van der Waals surface area (Å²) >= 11 is 0. The number of likely N-dealkylation sites (tertiary alicyclic amines) is 1. The van der Waals surface area contributed by atoms with Gasteiger partial charge < -0.3 is 10.0 Å². The minimum absolute atomic E-state index is 0.460. The van der Waals surface area contributed by atoms with Gasteiger partial charge >= 0.3 is 0 Å². The molecule has 0 bridgehead atoms. The zero-order chi connectivity index (χ0) is 9.19. The molecular formula is C10H19NO. The van der Waals surface area contributed by atoms with Gasteiger partial charge in [0.2, 0.25) is 0 Å². The molecule has 2 nitrogen and oxygen atoms in total. The minimum Gasteiger partial charge on any atom is -0.389 e. The summed E-state index contributed by atoms with van der Waals surface area (Å²) in [7, 11) is 2.10. The largest absolute Gasteiger partial charge is 0.389 e. The van der Waals surface area contributed by atoms with E-state index in [0.717, 1.165) is 37.9 Å². The van der Waals surface area contributed by atoms with E-state index in [1.807, 2.05) is 6.92 Å². The van der Waals surface area contributed by atoms with Crippen LogP contribution in [-0.2, 0) is 0 Å². The minimum atomic E-state index is -0.460. The molecule has 0 aromatic heterocycles. The summed E-state index contributed by atoms with van der Waals surface area (Å²) in [6, 6.07) is 0. The number of aliphatic hydroxyl groups is 1. The Hall–Kier alpha value is -0.340. The molecule has 1 rings (SSSR count). The zero-order valence-corrected chi connectivity index (χ0v) is 8.14. The Kier molecular flexibility index (Phi) is 2.91. The third-order valence-electron chi connectivity index (χ3n) is 2.55. The highest BCUT2D eigenvalue weighted by atomic mass is 16.3. The fourth-order valence-electron chi connectivity index (χ4n) is 1.77. The molecule has 0 saturated carbocycles. The molecule has 1 aliphatic rings. The van der Waals surface area contributed by atoms with Gasteiger partial charge in [0.25, 0.3) is 0 Å². The maximum atomic E-state index is 10.1. The first-order valence-electron chi connectivity index (χ1n) is 4.57. The third-order valence-corrected chi connectivity index (χ3v) is 2.55. The van der Waals surface area contributed by atoms with Gasteiger partial charge in [0.1, 0.15) is 0 Å². The van der Waals surface area contributed by atoms with Crippen molar-refractivity contribution in [1.82, 2.24) is 4.90 Å². The van der Waals surface area contributed by atoms with Crippen LogP contribution >= 0.6 is 0 Å². The van der Waals surface area contributed by atoms with Crippen molar-refractivity contribution in [2.45, 2.75) is 31.8 Å². The first kappa shape index (κ1) is 9.75. The summed E-state index contributed by atoms with van der Waals surface area (Å²) in [6.07, 6.45) is 2.54. The third kappa shape index (κ3) is 2.61. The van der Waals surface area contributed by atoms with Crippen LogP contribution in [-0.4, -0.2) is 35.7 Å². The second-order valence-corrected chi connectivity index (χ2v) is 4.16. The molecule has 70 valence electrons. The van der Waals surface area contributed by atoms with Crippen LogP contribution < -0.4 is 0 Å². The van der Waals surface area contributed by atoms with E-state index in [9.17, 15) is 5.11 Å². The van der Waals surface area contributed by atoms with Gasteiger partial charge in [-0.2, -0.15) is 0 Å². The fourth-order valence-corrected chi connectivity index (χ4v) is 1.77. The van der Waals surface area contributed by atoms with Gasteiger partial charge in [-0.3, -0.25) is 0 Å². The second kappa shape index (κ2) is 3.58. The highest BCUT2D eigenvalue weighted by molar-refractivity contribution is 4.99. The van der Waals surface area contributed by atoms with Crippen LogP contribution in [0.2, 0.25) is 0 Å². The van der Waals surface area contributed by atoms with Gasteiger partial charge in [-0.1, -0.05) is 5.57 Å². The van der Waals surface area contributed by atoms with Crippen LogP contribution in [0.5, 0.6) is 0 Å². The van der Waals surface area contributed by atoms with Crippen molar-refractivity contribution in [3.63, 3.8) is 0 Å². The van der Waals surface area contributed by atoms with Gasteiger partial charge in [0.15, 0.2) is 0 Å². The van der Waals surface area contributed by atoms with Gasteiger partial charge in [-0.15, -0.1) is 6.58 Å².